The first kappa shape index (κ1) is 19.5. The highest BCUT2D eigenvalue weighted by atomic mass is 35.5. The minimum atomic E-state index is 0. The highest BCUT2D eigenvalue weighted by Crippen LogP contribution is 2.12. The first-order valence-electron chi connectivity index (χ1n) is 8.65. The Morgan fingerprint density at radius 3 is 2.64 bits per heavy atom. The van der Waals surface area contributed by atoms with Gasteiger partial charge in [0.1, 0.15) is 0 Å². The van der Waals surface area contributed by atoms with Gasteiger partial charge in [0.15, 0.2) is 0 Å². The number of aromatic nitrogens is 2. The third-order valence-electron chi connectivity index (χ3n) is 4.61. The molecule has 136 valence electrons. The number of hydrogen-bond donors (Lipinski definition) is 2. The summed E-state index contributed by atoms with van der Waals surface area (Å²) in [5.41, 5.74) is 4.04. The topological polar surface area (TPSA) is 59.0 Å². The summed E-state index contributed by atoms with van der Waals surface area (Å²) in [6, 6.07) is 10.6. The molecule has 0 spiro atoms. The van der Waals surface area contributed by atoms with Crippen LogP contribution in [0.4, 0.5) is 0 Å². The number of nitrogens with one attached hydrogen (secondary N) is 2. The van der Waals surface area contributed by atoms with E-state index in [9.17, 15) is 4.79 Å². The molecule has 1 amide bonds. The minimum Gasteiger partial charge on any atom is -0.349 e. The Bertz CT molecular complexity index is 711. The summed E-state index contributed by atoms with van der Waals surface area (Å²) in [5, 5.41) is 11.0. The molecule has 1 aromatic carbocycles. The van der Waals surface area contributed by atoms with Gasteiger partial charge in [0.25, 0.3) is 5.91 Å². The van der Waals surface area contributed by atoms with Crippen LogP contribution in [0.1, 0.15) is 47.1 Å². The molecule has 0 bridgehead atoms. The molecule has 0 radical (unpaired) electrons. The van der Waals surface area contributed by atoms with Gasteiger partial charge >= 0.3 is 0 Å². The number of carbonyl (C=O) groups excluding carboxylic acids is 1. The van der Waals surface area contributed by atoms with Crippen molar-refractivity contribution in [1.29, 1.82) is 0 Å². The van der Waals surface area contributed by atoms with E-state index >= 15 is 0 Å². The fourth-order valence-electron chi connectivity index (χ4n) is 3.30. The molecule has 1 fully saturated rings. The summed E-state index contributed by atoms with van der Waals surface area (Å²) in [6.07, 6.45) is 1.98. The summed E-state index contributed by atoms with van der Waals surface area (Å²) >= 11 is 0. The highest BCUT2D eigenvalue weighted by molar-refractivity contribution is 5.94. The van der Waals surface area contributed by atoms with Crippen LogP contribution >= 0.6 is 12.4 Å². The van der Waals surface area contributed by atoms with Gasteiger partial charge in [0.05, 0.1) is 12.2 Å². The van der Waals surface area contributed by atoms with Gasteiger partial charge in [-0.3, -0.25) is 9.48 Å². The summed E-state index contributed by atoms with van der Waals surface area (Å²) in [7, 11) is 0. The van der Waals surface area contributed by atoms with Crippen LogP contribution in [0.3, 0.4) is 0 Å². The Kier molecular flexibility index (Phi) is 6.62. The molecule has 1 saturated heterocycles. The molecule has 2 N–H and O–H groups in total. The average molecular weight is 363 g/mol. The Morgan fingerprint density at radius 1 is 1.32 bits per heavy atom. The van der Waals surface area contributed by atoms with E-state index in [1.165, 1.54) is 0 Å². The lowest BCUT2D eigenvalue weighted by atomic mass is 10.00. The zero-order valence-corrected chi connectivity index (χ0v) is 15.9. The molecular formula is C19H27ClN4O. The molecule has 0 saturated carbocycles. The van der Waals surface area contributed by atoms with Gasteiger partial charge in [-0.25, -0.2) is 0 Å². The second-order valence-corrected chi connectivity index (χ2v) is 6.83. The van der Waals surface area contributed by atoms with Crippen molar-refractivity contribution < 1.29 is 4.79 Å². The average Bonchev–Trinajstić information content (AvgIpc) is 2.85. The number of hydrogen-bond acceptors (Lipinski definition) is 3. The number of rotatable bonds is 4. The van der Waals surface area contributed by atoms with E-state index in [-0.39, 0.29) is 24.4 Å². The van der Waals surface area contributed by atoms with Gasteiger partial charge in [0.2, 0.25) is 0 Å². The number of carbonyl (C=O) groups is 1. The van der Waals surface area contributed by atoms with Crippen molar-refractivity contribution in [3.05, 3.63) is 52.8 Å². The van der Waals surface area contributed by atoms with E-state index in [0.717, 1.165) is 48.4 Å². The van der Waals surface area contributed by atoms with Crippen LogP contribution in [0.2, 0.25) is 0 Å². The fourth-order valence-corrected chi connectivity index (χ4v) is 3.30. The van der Waals surface area contributed by atoms with Crippen LogP contribution in [0, 0.1) is 13.8 Å². The van der Waals surface area contributed by atoms with E-state index < -0.39 is 0 Å². The first-order valence-corrected chi connectivity index (χ1v) is 8.65. The minimum absolute atomic E-state index is 0. The van der Waals surface area contributed by atoms with Crippen LogP contribution in [-0.2, 0) is 6.54 Å². The smallest absolute Gasteiger partial charge is 0.251 e. The highest BCUT2D eigenvalue weighted by Gasteiger charge is 2.20. The summed E-state index contributed by atoms with van der Waals surface area (Å²) < 4.78 is 1.99. The predicted octanol–water partition coefficient (Wildman–Crippen LogP) is 2.84. The molecule has 2 atom stereocenters. The van der Waals surface area contributed by atoms with Gasteiger partial charge in [-0.2, -0.15) is 5.10 Å². The lowest BCUT2D eigenvalue weighted by molar-refractivity contribution is 0.0925. The number of nitrogens with zero attached hydrogens (tertiary/aromatic N) is 2. The Hall–Kier alpha value is -1.85. The Labute approximate surface area is 155 Å². The van der Waals surface area contributed by atoms with Crippen molar-refractivity contribution >= 4 is 18.3 Å². The molecule has 6 heteroatoms. The molecule has 0 aliphatic carbocycles. The van der Waals surface area contributed by atoms with Crippen molar-refractivity contribution in [2.24, 2.45) is 0 Å². The molecule has 2 heterocycles. The SMILES string of the molecule is Cc1cc(C)n(Cc2ccc(C(=O)NC3CCNC(C)C3)cc2)n1.Cl. The molecule has 1 aromatic heterocycles. The normalized spacial score (nSPS) is 20.0. The van der Waals surface area contributed by atoms with E-state index in [0.29, 0.717) is 6.04 Å². The van der Waals surface area contributed by atoms with Crippen LogP contribution in [0.15, 0.2) is 30.3 Å². The second kappa shape index (κ2) is 8.50. The number of amides is 1. The summed E-state index contributed by atoms with van der Waals surface area (Å²) in [5.74, 6) is 0.0202. The van der Waals surface area contributed by atoms with Crippen molar-refractivity contribution in [2.45, 2.75) is 52.2 Å². The molecule has 2 aromatic rings. The Morgan fingerprint density at radius 2 is 2.04 bits per heavy atom. The largest absolute Gasteiger partial charge is 0.349 e. The summed E-state index contributed by atoms with van der Waals surface area (Å²) in [4.78, 5) is 12.4. The van der Waals surface area contributed by atoms with Crippen molar-refractivity contribution in [3.8, 4) is 0 Å². The van der Waals surface area contributed by atoms with Crippen molar-refractivity contribution in [1.82, 2.24) is 20.4 Å². The maximum atomic E-state index is 12.4. The predicted molar refractivity (Wildman–Crippen MR) is 102 cm³/mol. The van der Waals surface area contributed by atoms with Crippen LogP contribution < -0.4 is 10.6 Å². The molecule has 1 aliphatic heterocycles. The van der Waals surface area contributed by atoms with Crippen LogP contribution in [-0.4, -0.2) is 34.3 Å². The van der Waals surface area contributed by atoms with E-state index in [1.807, 2.05) is 35.9 Å². The van der Waals surface area contributed by atoms with E-state index in [4.69, 9.17) is 0 Å². The van der Waals surface area contributed by atoms with Crippen molar-refractivity contribution in [3.63, 3.8) is 0 Å². The lowest BCUT2D eigenvalue weighted by Gasteiger charge is -2.28. The number of benzene rings is 1. The van der Waals surface area contributed by atoms with Crippen LogP contribution in [0.25, 0.3) is 0 Å². The van der Waals surface area contributed by atoms with Crippen molar-refractivity contribution in [2.75, 3.05) is 6.54 Å². The third kappa shape index (κ3) is 5.06. The lowest BCUT2D eigenvalue weighted by Crippen LogP contribution is -2.46. The zero-order chi connectivity index (χ0) is 17.1. The third-order valence-corrected chi connectivity index (χ3v) is 4.61. The first-order chi connectivity index (χ1) is 11.5. The molecule has 5 nitrogen and oxygen atoms in total. The van der Waals surface area contributed by atoms with E-state index in [2.05, 4.69) is 35.6 Å². The number of halogens is 1. The quantitative estimate of drug-likeness (QED) is 0.879. The van der Waals surface area contributed by atoms with Crippen LogP contribution in [0.5, 0.6) is 0 Å². The second-order valence-electron chi connectivity index (χ2n) is 6.83. The Balaban J connectivity index is 0.00000225. The fraction of sp³-hybridized carbons (Fsp3) is 0.474. The number of piperidine rings is 1. The molecule has 25 heavy (non-hydrogen) atoms. The maximum absolute atomic E-state index is 12.4. The van der Waals surface area contributed by atoms with Gasteiger partial charge < -0.3 is 10.6 Å². The maximum Gasteiger partial charge on any atom is 0.251 e. The molecule has 1 aliphatic rings. The zero-order valence-electron chi connectivity index (χ0n) is 15.1. The molecule has 3 rings (SSSR count). The molecular weight excluding hydrogens is 336 g/mol. The summed E-state index contributed by atoms with van der Waals surface area (Å²) in [6.45, 7) is 7.91. The monoisotopic (exact) mass is 362 g/mol. The molecule has 2 unspecified atom stereocenters. The van der Waals surface area contributed by atoms with Gasteiger partial charge in [-0.1, -0.05) is 12.1 Å². The number of aryl methyl sites for hydroxylation is 2. The van der Waals surface area contributed by atoms with Gasteiger partial charge in [-0.05, 0) is 63.9 Å². The van der Waals surface area contributed by atoms with Gasteiger partial charge in [-0.15, -0.1) is 12.4 Å². The van der Waals surface area contributed by atoms with Gasteiger partial charge in [0, 0.05) is 23.3 Å². The standard InChI is InChI=1S/C19H26N4O.ClH/c1-13-11-18(8-9-20-13)21-19(24)17-6-4-16(5-7-17)12-23-15(3)10-14(2)22-23;/h4-7,10,13,18,20H,8-9,11-12H2,1-3H3,(H,21,24);1H. The van der Waals surface area contributed by atoms with E-state index in [1.54, 1.807) is 0 Å².